The Hall–Kier alpha value is -1.80. The van der Waals surface area contributed by atoms with Crippen molar-refractivity contribution >= 4 is 0 Å². The second kappa shape index (κ2) is 6.84. The Labute approximate surface area is 151 Å². The van der Waals surface area contributed by atoms with Crippen molar-refractivity contribution in [3.63, 3.8) is 0 Å². The van der Waals surface area contributed by atoms with Gasteiger partial charge in [-0.1, -0.05) is 49.4 Å². The lowest BCUT2D eigenvalue weighted by atomic mass is 9.60. The molecule has 2 nitrogen and oxygen atoms in total. The van der Waals surface area contributed by atoms with E-state index in [1.54, 1.807) is 6.07 Å². The lowest BCUT2D eigenvalue weighted by Gasteiger charge is -2.53. The van der Waals surface area contributed by atoms with Crippen LogP contribution in [-0.2, 0) is 11.8 Å². The summed E-state index contributed by atoms with van der Waals surface area (Å²) in [6.45, 7) is 4.75. The quantitative estimate of drug-likeness (QED) is 0.870. The van der Waals surface area contributed by atoms with Gasteiger partial charge in [0, 0.05) is 12.6 Å². The molecular weight excluding hydrogens is 306 g/mol. The minimum absolute atomic E-state index is 0.268. The number of nitrogens with zero attached hydrogens (tertiary/aromatic N) is 1. The number of piperidine rings is 1. The molecule has 1 saturated heterocycles. The highest BCUT2D eigenvalue weighted by molar-refractivity contribution is 5.34. The Bertz CT molecular complexity index is 713. The molecule has 2 aromatic rings. The van der Waals surface area contributed by atoms with Gasteiger partial charge in [-0.25, -0.2) is 0 Å². The highest BCUT2D eigenvalue weighted by atomic mass is 16.3. The van der Waals surface area contributed by atoms with Crippen LogP contribution in [0.15, 0.2) is 54.6 Å². The van der Waals surface area contributed by atoms with E-state index in [0.717, 1.165) is 18.9 Å². The molecule has 25 heavy (non-hydrogen) atoms. The fourth-order valence-corrected chi connectivity index (χ4v) is 5.28. The zero-order valence-electron chi connectivity index (χ0n) is 15.2. The number of hydrogen-bond acceptors (Lipinski definition) is 2. The third kappa shape index (κ3) is 3.46. The minimum Gasteiger partial charge on any atom is -0.508 e. The Kier molecular flexibility index (Phi) is 4.56. The molecule has 0 aromatic heterocycles. The SMILES string of the molecule is C[C@H]1C[C@@H]2C[C@](c3cccc(O)c3)(CCN2CCc2ccccc2)C1. The van der Waals surface area contributed by atoms with Gasteiger partial charge in [0.2, 0.25) is 0 Å². The summed E-state index contributed by atoms with van der Waals surface area (Å²) in [5.41, 5.74) is 3.06. The highest BCUT2D eigenvalue weighted by Crippen LogP contribution is 2.49. The molecule has 1 aliphatic carbocycles. The van der Waals surface area contributed by atoms with E-state index in [4.69, 9.17) is 0 Å². The smallest absolute Gasteiger partial charge is 0.115 e. The third-order valence-corrected chi connectivity index (χ3v) is 6.42. The van der Waals surface area contributed by atoms with Gasteiger partial charge in [0.25, 0.3) is 0 Å². The molecule has 132 valence electrons. The normalized spacial score (nSPS) is 29.5. The first-order valence-corrected chi connectivity index (χ1v) is 9.72. The van der Waals surface area contributed by atoms with E-state index in [2.05, 4.69) is 48.2 Å². The molecule has 2 bridgehead atoms. The van der Waals surface area contributed by atoms with Crippen LogP contribution in [0.4, 0.5) is 0 Å². The van der Waals surface area contributed by atoms with Crippen LogP contribution in [0.3, 0.4) is 0 Å². The predicted octanol–water partition coefficient (Wildman–Crippen LogP) is 4.77. The summed E-state index contributed by atoms with van der Waals surface area (Å²) in [7, 11) is 0. The lowest BCUT2D eigenvalue weighted by Crippen LogP contribution is -2.53. The molecule has 1 heterocycles. The third-order valence-electron chi connectivity index (χ3n) is 6.42. The van der Waals surface area contributed by atoms with Crippen molar-refractivity contribution in [3.8, 4) is 5.75 Å². The van der Waals surface area contributed by atoms with Gasteiger partial charge in [-0.15, -0.1) is 0 Å². The number of phenolic OH excluding ortho intramolecular Hbond substituents is 1. The van der Waals surface area contributed by atoms with Gasteiger partial charge in [0.15, 0.2) is 0 Å². The van der Waals surface area contributed by atoms with Crippen molar-refractivity contribution in [1.82, 2.24) is 4.90 Å². The number of likely N-dealkylation sites (tertiary alicyclic amines) is 1. The molecule has 0 spiro atoms. The highest BCUT2D eigenvalue weighted by Gasteiger charge is 2.45. The molecule has 1 aliphatic heterocycles. The van der Waals surface area contributed by atoms with Crippen LogP contribution < -0.4 is 0 Å². The maximum atomic E-state index is 9.96. The molecule has 2 aliphatic rings. The average molecular weight is 335 g/mol. The van der Waals surface area contributed by atoms with Crippen molar-refractivity contribution in [2.75, 3.05) is 13.1 Å². The zero-order chi connectivity index (χ0) is 17.3. The lowest BCUT2D eigenvalue weighted by molar-refractivity contribution is 0.0299. The van der Waals surface area contributed by atoms with E-state index in [1.165, 1.54) is 43.4 Å². The molecule has 0 amide bonds. The van der Waals surface area contributed by atoms with Crippen LogP contribution >= 0.6 is 0 Å². The summed E-state index contributed by atoms with van der Waals surface area (Å²) in [6, 6.07) is 19.6. The van der Waals surface area contributed by atoms with E-state index in [0.29, 0.717) is 11.8 Å². The van der Waals surface area contributed by atoms with Crippen molar-refractivity contribution < 1.29 is 5.11 Å². The summed E-state index contributed by atoms with van der Waals surface area (Å²) < 4.78 is 0. The van der Waals surface area contributed by atoms with Gasteiger partial charge >= 0.3 is 0 Å². The van der Waals surface area contributed by atoms with E-state index in [1.807, 2.05) is 12.1 Å². The molecule has 4 rings (SSSR count). The number of fused-ring (bicyclic) bond motifs is 2. The van der Waals surface area contributed by atoms with Crippen LogP contribution in [0.2, 0.25) is 0 Å². The van der Waals surface area contributed by atoms with Crippen LogP contribution in [0, 0.1) is 5.92 Å². The van der Waals surface area contributed by atoms with E-state index in [9.17, 15) is 5.11 Å². The topological polar surface area (TPSA) is 23.5 Å². The van der Waals surface area contributed by atoms with Crippen LogP contribution in [0.25, 0.3) is 0 Å². The molecule has 1 saturated carbocycles. The van der Waals surface area contributed by atoms with Crippen molar-refractivity contribution in [1.29, 1.82) is 0 Å². The fourth-order valence-electron chi connectivity index (χ4n) is 5.28. The van der Waals surface area contributed by atoms with Gasteiger partial charge in [-0.2, -0.15) is 0 Å². The maximum absolute atomic E-state index is 9.96. The van der Waals surface area contributed by atoms with E-state index < -0.39 is 0 Å². The van der Waals surface area contributed by atoms with Crippen molar-refractivity contribution in [2.45, 2.75) is 50.5 Å². The number of hydrogen-bond donors (Lipinski definition) is 1. The zero-order valence-corrected chi connectivity index (χ0v) is 15.2. The summed E-state index contributed by atoms with van der Waals surface area (Å²) in [6.07, 6.45) is 6.18. The predicted molar refractivity (Wildman–Crippen MR) is 103 cm³/mol. The van der Waals surface area contributed by atoms with Crippen molar-refractivity contribution in [3.05, 3.63) is 65.7 Å². The Balaban J connectivity index is 1.50. The second-order valence-electron chi connectivity index (χ2n) is 8.26. The first-order valence-electron chi connectivity index (χ1n) is 9.72. The Morgan fingerprint density at radius 2 is 1.92 bits per heavy atom. The molecule has 0 unspecified atom stereocenters. The molecular formula is C23H29NO. The maximum Gasteiger partial charge on any atom is 0.115 e. The molecule has 0 radical (unpaired) electrons. The number of benzene rings is 2. The monoisotopic (exact) mass is 335 g/mol. The summed E-state index contributed by atoms with van der Waals surface area (Å²) in [5.74, 6) is 1.16. The van der Waals surface area contributed by atoms with E-state index >= 15 is 0 Å². The van der Waals surface area contributed by atoms with Crippen LogP contribution in [0.1, 0.15) is 43.7 Å². The van der Waals surface area contributed by atoms with Crippen LogP contribution in [0.5, 0.6) is 5.75 Å². The number of rotatable bonds is 4. The van der Waals surface area contributed by atoms with Gasteiger partial charge < -0.3 is 5.11 Å². The van der Waals surface area contributed by atoms with E-state index in [-0.39, 0.29) is 5.41 Å². The van der Waals surface area contributed by atoms with Gasteiger partial charge in [0.05, 0.1) is 0 Å². The molecule has 2 aromatic carbocycles. The number of aromatic hydroxyl groups is 1. The Morgan fingerprint density at radius 3 is 2.72 bits per heavy atom. The first-order chi connectivity index (χ1) is 12.1. The molecule has 3 atom stereocenters. The largest absolute Gasteiger partial charge is 0.508 e. The molecule has 2 heteroatoms. The second-order valence-corrected chi connectivity index (χ2v) is 8.26. The number of phenols is 1. The van der Waals surface area contributed by atoms with Crippen LogP contribution in [-0.4, -0.2) is 29.1 Å². The summed E-state index contributed by atoms with van der Waals surface area (Å²) in [4.78, 5) is 2.73. The molecule has 1 N–H and O–H groups in total. The minimum atomic E-state index is 0.268. The fraction of sp³-hybridized carbons (Fsp3) is 0.478. The first kappa shape index (κ1) is 16.7. The molecule has 2 fully saturated rings. The average Bonchev–Trinajstić information content (AvgIpc) is 2.62. The van der Waals surface area contributed by atoms with Gasteiger partial charge in [-0.3, -0.25) is 4.90 Å². The van der Waals surface area contributed by atoms with Gasteiger partial charge in [-0.05, 0) is 73.2 Å². The van der Waals surface area contributed by atoms with Gasteiger partial charge in [0.1, 0.15) is 5.75 Å². The van der Waals surface area contributed by atoms with Crippen molar-refractivity contribution in [2.24, 2.45) is 5.92 Å². The summed E-state index contributed by atoms with van der Waals surface area (Å²) >= 11 is 0. The standard InChI is InChI=1S/C23H29NO/c1-18-14-21-17-23(16-18,20-8-5-9-22(25)15-20)11-13-24(21)12-10-19-6-3-2-4-7-19/h2-9,15,18,21,25H,10-14,16-17H2,1H3/t18-,21+,23-/m0/s1. The Morgan fingerprint density at radius 1 is 1.08 bits per heavy atom. The summed E-state index contributed by atoms with van der Waals surface area (Å²) in [5, 5.41) is 9.96.